The number of alkyl halides is 2. The van der Waals surface area contributed by atoms with E-state index in [4.69, 9.17) is 4.42 Å². The molecule has 0 saturated heterocycles. The van der Waals surface area contributed by atoms with E-state index < -0.39 is 18.3 Å². The van der Waals surface area contributed by atoms with Gasteiger partial charge in [0.1, 0.15) is 5.76 Å². The molecule has 0 radical (unpaired) electrons. The lowest BCUT2D eigenvalue weighted by atomic mass is 10.2. The molecule has 0 spiro atoms. The van der Waals surface area contributed by atoms with Gasteiger partial charge in [-0.25, -0.2) is 9.78 Å². The van der Waals surface area contributed by atoms with Crippen molar-refractivity contribution in [1.82, 2.24) is 4.98 Å². The predicted molar refractivity (Wildman–Crippen MR) is 67.2 cm³/mol. The number of halogens is 2. The second kappa shape index (κ2) is 5.81. The van der Waals surface area contributed by atoms with Crippen LogP contribution in [0.3, 0.4) is 0 Å². The normalized spacial score (nSPS) is 11.3. The highest BCUT2D eigenvalue weighted by Crippen LogP contribution is 2.25. The van der Waals surface area contributed by atoms with Gasteiger partial charge in [0, 0.05) is 5.56 Å². The van der Waals surface area contributed by atoms with Crippen LogP contribution in [0.5, 0.6) is 0 Å². The largest absolute Gasteiger partial charge is 0.462 e. The molecule has 2 aromatic rings. The molecule has 6 heteroatoms. The highest BCUT2D eigenvalue weighted by Gasteiger charge is 2.41. The van der Waals surface area contributed by atoms with Crippen molar-refractivity contribution in [2.75, 3.05) is 6.61 Å². The third kappa shape index (κ3) is 3.20. The average molecular weight is 281 g/mol. The lowest BCUT2D eigenvalue weighted by molar-refractivity contribution is -0.171. The molecule has 0 unspecified atom stereocenters. The first-order chi connectivity index (χ1) is 9.53. The Morgan fingerprint density at radius 2 is 2.05 bits per heavy atom. The topological polar surface area (TPSA) is 52.3 Å². The summed E-state index contributed by atoms with van der Waals surface area (Å²) in [6, 6.07) is 8.89. The molecule has 2 rings (SSSR count). The van der Waals surface area contributed by atoms with Gasteiger partial charge in [-0.2, -0.15) is 8.78 Å². The third-order valence-corrected chi connectivity index (χ3v) is 2.54. The van der Waals surface area contributed by atoms with Crippen molar-refractivity contribution in [2.45, 2.75) is 19.3 Å². The number of esters is 1. The van der Waals surface area contributed by atoms with Gasteiger partial charge in [0.05, 0.1) is 19.2 Å². The van der Waals surface area contributed by atoms with E-state index in [1.165, 1.54) is 13.1 Å². The monoisotopic (exact) mass is 281 g/mol. The van der Waals surface area contributed by atoms with Gasteiger partial charge in [-0.05, 0) is 19.1 Å². The quantitative estimate of drug-likeness (QED) is 0.790. The predicted octanol–water partition coefficient (Wildman–Crippen LogP) is 3.08. The molecule has 4 nitrogen and oxygen atoms in total. The number of carbonyl (C=O) groups is 1. The van der Waals surface area contributed by atoms with Crippen LogP contribution in [0.4, 0.5) is 8.78 Å². The molecule has 1 heterocycles. The number of aromatic nitrogens is 1. The summed E-state index contributed by atoms with van der Waals surface area (Å²) in [6.07, 6.45) is 0.321. The third-order valence-electron chi connectivity index (χ3n) is 2.54. The summed E-state index contributed by atoms with van der Waals surface area (Å²) >= 11 is 0. The van der Waals surface area contributed by atoms with Crippen molar-refractivity contribution in [3.05, 3.63) is 42.3 Å². The summed E-state index contributed by atoms with van der Waals surface area (Å²) in [5.41, 5.74) is 0.679. The Morgan fingerprint density at radius 1 is 1.35 bits per heavy atom. The zero-order valence-corrected chi connectivity index (χ0v) is 10.8. The van der Waals surface area contributed by atoms with E-state index >= 15 is 0 Å². The Morgan fingerprint density at radius 3 is 2.70 bits per heavy atom. The van der Waals surface area contributed by atoms with E-state index in [0.717, 1.165) is 0 Å². The molecule has 0 aliphatic carbocycles. The maximum absolute atomic E-state index is 13.5. The fraction of sp³-hybridized carbons (Fsp3) is 0.286. The minimum atomic E-state index is -3.62. The van der Waals surface area contributed by atoms with Gasteiger partial charge >= 0.3 is 11.9 Å². The Balaban J connectivity index is 2.12. The highest BCUT2D eigenvalue weighted by molar-refractivity contribution is 5.77. The summed E-state index contributed by atoms with van der Waals surface area (Å²) in [7, 11) is 0. The fourth-order valence-corrected chi connectivity index (χ4v) is 1.63. The second-order valence-electron chi connectivity index (χ2n) is 4.10. The molecule has 106 valence electrons. The number of nitrogens with zero attached hydrogens (tertiary/aromatic N) is 1. The summed E-state index contributed by atoms with van der Waals surface area (Å²) in [5.74, 6) is -5.01. The first kappa shape index (κ1) is 14.2. The van der Waals surface area contributed by atoms with Crippen molar-refractivity contribution in [3.63, 3.8) is 0 Å². The number of benzene rings is 1. The molecule has 20 heavy (non-hydrogen) atoms. The number of carbonyl (C=O) groups excluding carboxylic acids is 1. The number of oxazole rings is 1. The Labute approximate surface area is 114 Å². The van der Waals surface area contributed by atoms with Gasteiger partial charge in [0.25, 0.3) is 0 Å². The molecule has 0 bridgehead atoms. The first-order valence-electron chi connectivity index (χ1n) is 6.08. The van der Waals surface area contributed by atoms with Gasteiger partial charge < -0.3 is 9.15 Å². The number of ether oxygens (including phenoxy) is 1. The molecule has 0 atom stereocenters. The zero-order chi connectivity index (χ0) is 14.6. The Kier molecular flexibility index (Phi) is 4.12. The van der Waals surface area contributed by atoms with Crippen LogP contribution in [-0.2, 0) is 16.0 Å². The number of hydrogen-bond donors (Lipinski definition) is 0. The van der Waals surface area contributed by atoms with E-state index in [-0.39, 0.29) is 18.3 Å². The smallest absolute Gasteiger partial charge is 0.377 e. The molecule has 1 aromatic heterocycles. The number of rotatable bonds is 5. The van der Waals surface area contributed by atoms with E-state index in [1.807, 2.05) is 6.07 Å². The van der Waals surface area contributed by atoms with Crippen LogP contribution in [0.1, 0.15) is 12.7 Å². The van der Waals surface area contributed by atoms with Gasteiger partial charge in [-0.1, -0.05) is 18.2 Å². The van der Waals surface area contributed by atoms with Crippen LogP contribution in [0.25, 0.3) is 11.5 Å². The van der Waals surface area contributed by atoms with Crippen LogP contribution in [-0.4, -0.2) is 23.5 Å². The SMILES string of the molecule is CCOC(=O)C(F)(F)Cc1cnc(-c2ccccc2)o1. The molecular weight excluding hydrogens is 268 g/mol. The fourth-order valence-electron chi connectivity index (χ4n) is 1.63. The summed E-state index contributed by atoms with van der Waals surface area (Å²) in [4.78, 5) is 15.0. The van der Waals surface area contributed by atoms with E-state index in [0.29, 0.717) is 5.56 Å². The molecule has 0 saturated carbocycles. The molecule has 0 fully saturated rings. The van der Waals surface area contributed by atoms with Gasteiger partial charge in [-0.3, -0.25) is 0 Å². The number of hydrogen-bond acceptors (Lipinski definition) is 4. The second-order valence-corrected chi connectivity index (χ2v) is 4.10. The Hall–Kier alpha value is -2.24. The van der Waals surface area contributed by atoms with Gasteiger partial charge in [-0.15, -0.1) is 0 Å². The molecule has 1 aromatic carbocycles. The minimum Gasteiger partial charge on any atom is -0.462 e. The van der Waals surface area contributed by atoms with Crippen molar-refractivity contribution in [2.24, 2.45) is 0 Å². The lowest BCUT2D eigenvalue weighted by Gasteiger charge is -2.12. The molecular formula is C14H13F2NO3. The van der Waals surface area contributed by atoms with Crippen LogP contribution in [0.15, 0.2) is 40.9 Å². The Bertz CT molecular complexity index is 581. The van der Waals surface area contributed by atoms with Crippen LogP contribution in [0.2, 0.25) is 0 Å². The molecule has 0 amide bonds. The standard InChI is InChI=1S/C14H13F2NO3/c1-2-19-13(18)14(15,16)8-11-9-17-12(20-11)10-6-4-3-5-7-10/h3-7,9H,2,8H2,1H3. The molecule has 0 N–H and O–H groups in total. The van der Waals surface area contributed by atoms with Crippen molar-refractivity contribution < 1.29 is 22.7 Å². The highest BCUT2D eigenvalue weighted by atomic mass is 19.3. The summed E-state index contributed by atoms with van der Waals surface area (Å²) in [5, 5.41) is 0. The van der Waals surface area contributed by atoms with Crippen LogP contribution >= 0.6 is 0 Å². The maximum Gasteiger partial charge on any atom is 0.377 e. The van der Waals surface area contributed by atoms with E-state index in [9.17, 15) is 13.6 Å². The first-order valence-corrected chi connectivity index (χ1v) is 6.08. The zero-order valence-electron chi connectivity index (χ0n) is 10.8. The van der Waals surface area contributed by atoms with Crippen molar-refractivity contribution in [3.8, 4) is 11.5 Å². The van der Waals surface area contributed by atoms with Crippen molar-refractivity contribution in [1.29, 1.82) is 0 Å². The average Bonchev–Trinajstić information content (AvgIpc) is 2.88. The van der Waals surface area contributed by atoms with Crippen molar-refractivity contribution >= 4 is 5.97 Å². The van der Waals surface area contributed by atoms with Gasteiger partial charge in [0.2, 0.25) is 5.89 Å². The lowest BCUT2D eigenvalue weighted by Crippen LogP contribution is -2.33. The van der Waals surface area contributed by atoms with Crippen LogP contribution in [0, 0.1) is 0 Å². The summed E-state index contributed by atoms with van der Waals surface area (Å²) in [6.45, 7) is 1.37. The maximum atomic E-state index is 13.5. The minimum absolute atomic E-state index is 0.0677. The summed E-state index contributed by atoms with van der Waals surface area (Å²) < 4.78 is 36.6. The molecule has 0 aliphatic heterocycles. The van der Waals surface area contributed by atoms with Gasteiger partial charge in [0.15, 0.2) is 0 Å². The van der Waals surface area contributed by atoms with Crippen LogP contribution < -0.4 is 0 Å². The van der Waals surface area contributed by atoms with E-state index in [2.05, 4.69) is 9.72 Å². The molecule has 0 aliphatic rings. The van der Waals surface area contributed by atoms with E-state index in [1.54, 1.807) is 24.3 Å².